The molecule has 2 aromatic rings. The van der Waals surface area contributed by atoms with E-state index in [0.29, 0.717) is 16.4 Å². The molecule has 2 nitrogen and oxygen atoms in total. The predicted molar refractivity (Wildman–Crippen MR) is 65.8 cm³/mol. The molecule has 0 saturated carbocycles. The third-order valence-electron chi connectivity index (χ3n) is 2.23. The van der Waals surface area contributed by atoms with Crippen molar-refractivity contribution < 1.29 is 4.39 Å². The highest BCUT2D eigenvalue weighted by Crippen LogP contribution is 2.24. The molecule has 0 saturated heterocycles. The Kier molecular flexibility index (Phi) is 3.27. The Morgan fingerprint density at radius 1 is 1.18 bits per heavy atom. The second-order valence-corrected chi connectivity index (χ2v) is 3.85. The molecule has 0 aromatic heterocycles. The van der Waals surface area contributed by atoms with Gasteiger partial charge in [-0.3, -0.25) is 0 Å². The van der Waals surface area contributed by atoms with Crippen LogP contribution >= 0.6 is 11.6 Å². The number of hydrogen-bond acceptors (Lipinski definition) is 2. The zero-order valence-electron chi connectivity index (χ0n) is 8.74. The highest BCUT2D eigenvalue weighted by atomic mass is 35.5. The summed E-state index contributed by atoms with van der Waals surface area (Å²) in [6.07, 6.45) is 0. The summed E-state index contributed by atoms with van der Waals surface area (Å²) in [4.78, 5) is 0. The van der Waals surface area contributed by atoms with E-state index in [0.717, 1.165) is 0 Å². The van der Waals surface area contributed by atoms with Crippen LogP contribution in [0.4, 0.5) is 15.8 Å². The lowest BCUT2D eigenvalue weighted by Gasteiger charge is -2.08. The Bertz CT molecular complexity index is 590. The van der Waals surface area contributed by atoms with Crippen molar-refractivity contribution in [2.75, 3.05) is 5.32 Å². The average molecular weight is 247 g/mol. The molecule has 0 spiro atoms. The SMILES string of the molecule is N#Cc1c(F)cccc1Nc1cccc(Cl)c1. The average Bonchev–Trinajstić information content (AvgIpc) is 2.29. The lowest BCUT2D eigenvalue weighted by molar-refractivity contribution is 0.624. The zero-order valence-corrected chi connectivity index (χ0v) is 9.50. The van der Waals surface area contributed by atoms with Crippen LogP contribution in [0.1, 0.15) is 5.56 Å². The topological polar surface area (TPSA) is 35.8 Å². The molecule has 1 N–H and O–H groups in total. The van der Waals surface area contributed by atoms with Gasteiger partial charge in [0.05, 0.1) is 5.69 Å². The van der Waals surface area contributed by atoms with E-state index in [1.165, 1.54) is 6.07 Å². The number of hydrogen-bond donors (Lipinski definition) is 1. The van der Waals surface area contributed by atoms with Crippen LogP contribution in [0.2, 0.25) is 5.02 Å². The maximum atomic E-state index is 13.3. The van der Waals surface area contributed by atoms with Gasteiger partial charge in [-0.1, -0.05) is 23.7 Å². The molecule has 0 unspecified atom stereocenters. The summed E-state index contributed by atoms with van der Waals surface area (Å²) in [5.41, 5.74) is 1.13. The number of benzene rings is 2. The van der Waals surface area contributed by atoms with E-state index in [2.05, 4.69) is 5.32 Å². The molecule has 0 heterocycles. The van der Waals surface area contributed by atoms with Crippen molar-refractivity contribution >= 4 is 23.0 Å². The summed E-state index contributed by atoms with van der Waals surface area (Å²) >= 11 is 5.84. The number of anilines is 2. The number of nitriles is 1. The first-order valence-electron chi connectivity index (χ1n) is 4.92. The Labute approximate surface area is 103 Å². The van der Waals surface area contributed by atoms with Gasteiger partial charge in [0.15, 0.2) is 0 Å². The molecule has 0 aliphatic rings. The smallest absolute Gasteiger partial charge is 0.143 e. The van der Waals surface area contributed by atoms with Crippen LogP contribution in [0.3, 0.4) is 0 Å². The fourth-order valence-corrected chi connectivity index (χ4v) is 1.65. The van der Waals surface area contributed by atoms with Gasteiger partial charge in [0, 0.05) is 10.7 Å². The van der Waals surface area contributed by atoms with Crippen molar-refractivity contribution in [3.63, 3.8) is 0 Å². The zero-order chi connectivity index (χ0) is 12.3. The van der Waals surface area contributed by atoms with Gasteiger partial charge in [0.25, 0.3) is 0 Å². The lowest BCUT2D eigenvalue weighted by atomic mass is 10.1. The van der Waals surface area contributed by atoms with Crippen molar-refractivity contribution in [2.24, 2.45) is 0 Å². The Morgan fingerprint density at radius 2 is 1.94 bits per heavy atom. The van der Waals surface area contributed by atoms with Crippen LogP contribution in [-0.4, -0.2) is 0 Å². The van der Waals surface area contributed by atoms with Crippen LogP contribution in [0.5, 0.6) is 0 Å². The van der Waals surface area contributed by atoms with Crippen LogP contribution in [0, 0.1) is 17.1 Å². The largest absolute Gasteiger partial charge is 0.354 e. The summed E-state index contributed by atoms with van der Waals surface area (Å²) in [6, 6.07) is 13.3. The van der Waals surface area contributed by atoms with Crippen LogP contribution in [-0.2, 0) is 0 Å². The molecule has 0 bridgehead atoms. The molecular formula is C13H8ClFN2. The van der Waals surface area contributed by atoms with Gasteiger partial charge in [-0.2, -0.15) is 5.26 Å². The highest BCUT2D eigenvalue weighted by molar-refractivity contribution is 6.30. The monoisotopic (exact) mass is 246 g/mol. The first kappa shape index (κ1) is 11.4. The Hall–Kier alpha value is -2.05. The Balaban J connectivity index is 2.37. The van der Waals surface area contributed by atoms with E-state index >= 15 is 0 Å². The summed E-state index contributed by atoms with van der Waals surface area (Å²) in [7, 11) is 0. The molecule has 0 atom stereocenters. The fourth-order valence-electron chi connectivity index (χ4n) is 1.46. The molecule has 0 fully saturated rings. The fraction of sp³-hybridized carbons (Fsp3) is 0. The van der Waals surface area contributed by atoms with Gasteiger partial charge in [0.1, 0.15) is 17.4 Å². The minimum atomic E-state index is -0.542. The molecule has 4 heteroatoms. The second kappa shape index (κ2) is 4.86. The van der Waals surface area contributed by atoms with Gasteiger partial charge < -0.3 is 5.32 Å². The summed E-state index contributed by atoms with van der Waals surface area (Å²) < 4.78 is 13.3. The van der Waals surface area contributed by atoms with Crippen LogP contribution in [0.25, 0.3) is 0 Å². The molecule has 84 valence electrons. The maximum absolute atomic E-state index is 13.3. The highest BCUT2D eigenvalue weighted by Gasteiger charge is 2.07. The van der Waals surface area contributed by atoms with E-state index in [4.69, 9.17) is 16.9 Å². The normalized spacial score (nSPS) is 9.71. The number of rotatable bonds is 2. The lowest BCUT2D eigenvalue weighted by Crippen LogP contribution is -1.95. The van der Waals surface area contributed by atoms with Gasteiger partial charge in [-0.15, -0.1) is 0 Å². The number of halogens is 2. The predicted octanol–water partition coefficient (Wildman–Crippen LogP) is 4.09. The third-order valence-corrected chi connectivity index (χ3v) is 2.46. The third kappa shape index (κ3) is 2.55. The van der Waals surface area contributed by atoms with Crippen LogP contribution < -0.4 is 5.32 Å². The van der Waals surface area contributed by atoms with Crippen molar-refractivity contribution in [2.45, 2.75) is 0 Å². The first-order chi connectivity index (χ1) is 8.20. The van der Waals surface area contributed by atoms with Gasteiger partial charge in [-0.05, 0) is 30.3 Å². The quantitative estimate of drug-likeness (QED) is 0.866. The molecule has 0 aliphatic heterocycles. The molecule has 2 rings (SSSR count). The van der Waals surface area contributed by atoms with E-state index in [1.807, 2.05) is 6.07 Å². The standard InChI is InChI=1S/C13H8ClFN2/c14-9-3-1-4-10(7-9)17-13-6-2-5-12(15)11(13)8-16/h1-7,17H. The van der Waals surface area contributed by atoms with E-state index in [1.54, 1.807) is 36.4 Å². The Morgan fingerprint density at radius 3 is 2.65 bits per heavy atom. The molecule has 0 radical (unpaired) electrons. The van der Waals surface area contributed by atoms with E-state index < -0.39 is 5.82 Å². The van der Waals surface area contributed by atoms with Crippen molar-refractivity contribution in [1.29, 1.82) is 5.26 Å². The first-order valence-corrected chi connectivity index (χ1v) is 5.29. The van der Waals surface area contributed by atoms with E-state index in [-0.39, 0.29) is 5.56 Å². The minimum absolute atomic E-state index is 0.00697. The van der Waals surface area contributed by atoms with Crippen molar-refractivity contribution in [1.82, 2.24) is 0 Å². The summed E-state index contributed by atoms with van der Waals surface area (Å²) in [5, 5.41) is 12.4. The van der Waals surface area contributed by atoms with Gasteiger partial charge in [0.2, 0.25) is 0 Å². The molecular weight excluding hydrogens is 239 g/mol. The van der Waals surface area contributed by atoms with Crippen molar-refractivity contribution in [3.05, 3.63) is 58.9 Å². The molecule has 0 aliphatic carbocycles. The molecule has 17 heavy (non-hydrogen) atoms. The molecule has 0 amide bonds. The number of nitrogens with one attached hydrogen (secondary N) is 1. The van der Waals surface area contributed by atoms with Crippen molar-refractivity contribution in [3.8, 4) is 6.07 Å². The van der Waals surface area contributed by atoms with Gasteiger partial charge >= 0.3 is 0 Å². The summed E-state index contributed by atoms with van der Waals surface area (Å²) in [6.45, 7) is 0. The minimum Gasteiger partial charge on any atom is -0.354 e. The van der Waals surface area contributed by atoms with Gasteiger partial charge in [-0.25, -0.2) is 4.39 Å². The summed E-state index contributed by atoms with van der Waals surface area (Å²) in [5.74, 6) is -0.542. The maximum Gasteiger partial charge on any atom is 0.143 e. The second-order valence-electron chi connectivity index (χ2n) is 3.41. The number of nitrogens with zero attached hydrogens (tertiary/aromatic N) is 1. The molecule has 2 aromatic carbocycles. The van der Waals surface area contributed by atoms with E-state index in [9.17, 15) is 4.39 Å². The van der Waals surface area contributed by atoms with Crippen LogP contribution in [0.15, 0.2) is 42.5 Å².